The van der Waals surface area contributed by atoms with Gasteiger partial charge in [0.2, 0.25) is 17.6 Å². The van der Waals surface area contributed by atoms with Crippen LogP contribution in [0.5, 0.6) is 5.88 Å². The molecule has 4 rings (SSSR count). The van der Waals surface area contributed by atoms with Crippen molar-refractivity contribution in [2.24, 2.45) is 7.05 Å². The number of nitrogens with one attached hydrogen (secondary N) is 2. The minimum Gasteiger partial charge on any atom is -0.466 e. The third kappa shape index (κ3) is 6.52. The van der Waals surface area contributed by atoms with Crippen LogP contribution in [0.2, 0.25) is 0 Å². The molecule has 0 aliphatic carbocycles. The fraction of sp³-hybridized carbons (Fsp3) is 0.320. The maximum atomic E-state index is 13.0. The number of fused-ring (bicyclic) bond motifs is 1. The van der Waals surface area contributed by atoms with Gasteiger partial charge < -0.3 is 24.8 Å². The lowest BCUT2D eigenvalue weighted by atomic mass is 10.1. The zero-order valence-corrected chi connectivity index (χ0v) is 21.7. The second-order valence-corrected chi connectivity index (χ2v) is 9.12. The fourth-order valence-corrected chi connectivity index (χ4v) is 3.77. The third-order valence-electron chi connectivity index (χ3n) is 6.06. The van der Waals surface area contributed by atoms with Crippen LogP contribution >= 0.6 is 0 Å². The average molecular weight is 545 g/mol. The summed E-state index contributed by atoms with van der Waals surface area (Å²) in [4.78, 5) is 25.7. The lowest BCUT2D eigenvalue weighted by Gasteiger charge is -2.21. The molecule has 0 bridgehead atoms. The molecular weight excluding hydrogens is 517 g/mol. The highest BCUT2D eigenvalue weighted by Gasteiger charge is 2.30. The van der Waals surface area contributed by atoms with Gasteiger partial charge in [0.25, 0.3) is 0 Å². The Bertz CT molecular complexity index is 1490. The van der Waals surface area contributed by atoms with E-state index in [1.54, 1.807) is 6.07 Å². The number of anilines is 3. The quantitative estimate of drug-likeness (QED) is 0.210. The van der Waals surface area contributed by atoms with Crippen molar-refractivity contribution >= 4 is 34.0 Å². The number of nitro groups is 1. The first-order chi connectivity index (χ1) is 18.4. The average Bonchev–Trinajstić information content (AvgIpc) is 3.22. The Hall–Kier alpha value is -4.46. The number of aromatic nitrogens is 4. The van der Waals surface area contributed by atoms with E-state index in [0.29, 0.717) is 5.69 Å². The number of para-hydroxylation sites is 1. The lowest BCUT2D eigenvalue weighted by Crippen LogP contribution is -2.31. The van der Waals surface area contributed by atoms with E-state index in [1.165, 1.54) is 6.20 Å². The smallest absolute Gasteiger partial charge is 0.422 e. The van der Waals surface area contributed by atoms with Crippen LogP contribution in [0.15, 0.2) is 48.8 Å². The number of pyridine rings is 1. The van der Waals surface area contributed by atoms with Gasteiger partial charge in [-0.3, -0.25) is 10.1 Å². The van der Waals surface area contributed by atoms with E-state index in [1.807, 2.05) is 68.0 Å². The van der Waals surface area contributed by atoms with Crippen LogP contribution in [0.25, 0.3) is 22.2 Å². The minimum absolute atomic E-state index is 0.00432. The van der Waals surface area contributed by atoms with E-state index in [9.17, 15) is 23.3 Å². The van der Waals surface area contributed by atoms with Gasteiger partial charge in [0, 0.05) is 54.6 Å². The molecule has 1 aromatic carbocycles. The number of alkyl halides is 3. The molecule has 1 atom stereocenters. The highest BCUT2D eigenvalue weighted by Crippen LogP contribution is 2.36. The van der Waals surface area contributed by atoms with Gasteiger partial charge in [0.1, 0.15) is 5.69 Å². The number of benzene rings is 1. The molecule has 3 aromatic heterocycles. The Kier molecular flexibility index (Phi) is 7.85. The maximum absolute atomic E-state index is 13.0. The largest absolute Gasteiger partial charge is 0.466 e. The first-order valence-electron chi connectivity index (χ1n) is 11.9. The predicted molar refractivity (Wildman–Crippen MR) is 141 cm³/mol. The predicted octanol–water partition coefficient (Wildman–Crippen LogP) is 4.99. The Morgan fingerprint density at radius 2 is 1.95 bits per heavy atom. The second kappa shape index (κ2) is 11.1. The second-order valence-electron chi connectivity index (χ2n) is 9.12. The number of rotatable bonds is 10. The first kappa shape index (κ1) is 27.6. The van der Waals surface area contributed by atoms with E-state index in [-0.39, 0.29) is 30.0 Å². The molecule has 39 heavy (non-hydrogen) atoms. The maximum Gasteiger partial charge on any atom is 0.422 e. The fourth-order valence-electron chi connectivity index (χ4n) is 3.77. The van der Waals surface area contributed by atoms with Gasteiger partial charge in [-0.15, -0.1) is 0 Å². The molecule has 1 unspecified atom stereocenters. The van der Waals surface area contributed by atoms with E-state index in [4.69, 9.17) is 4.74 Å². The van der Waals surface area contributed by atoms with Crippen molar-refractivity contribution in [1.29, 1.82) is 0 Å². The van der Waals surface area contributed by atoms with Crippen molar-refractivity contribution in [3.8, 4) is 17.1 Å². The Balaban J connectivity index is 1.72. The van der Waals surface area contributed by atoms with Crippen LogP contribution in [-0.4, -0.2) is 68.8 Å². The summed E-state index contributed by atoms with van der Waals surface area (Å²) in [7, 11) is 5.55. The third-order valence-corrected chi connectivity index (χ3v) is 6.06. The summed E-state index contributed by atoms with van der Waals surface area (Å²) in [5.41, 5.74) is 1.70. The molecule has 11 nitrogen and oxygen atoms in total. The number of hydrogen-bond donors (Lipinski definition) is 2. The van der Waals surface area contributed by atoms with Crippen LogP contribution in [0.1, 0.15) is 6.92 Å². The van der Waals surface area contributed by atoms with Crippen LogP contribution in [0, 0.1) is 10.1 Å². The monoisotopic (exact) mass is 544 g/mol. The molecule has 0 aliphatic heterocycles. The van der Waals surface area contributed by atoms with Gasteiger partial charge in [-0.25, -0.2) is 9.97 Å². The number of likely N-dealkylation sites (N-methyl/N-ethyl adjacent to an activating group) is 1. The SMILES string of the molecule is CC(CNc1nc(OCC(F)(F)F)c(Nc2nccc(-c3cn(C)c4ccccc34)n2)cc1[N+](=O)[O-])N(C)C. The topological polar surface area (TPSA) is 123 Å². The molecule has 0 amide bonds. The van der Waals surface area contributed by atoms with Crippen molar-refractivity contribution in [3.05, 3.63) is 58.9 Å². The number of ether oxygens (including phenoxy) is 1. The van der Waals surface area contributed by atoms with Gasteiger partial charge in [0.15, 0.2) is 6.61 Å². The van der Waals surface area contributed by atoms with Crippen LogP contribution < -0.4 is 15.4 Å². The van der Waals surface area contributed by atoms with Gasteiger partial charge in [0.05, 0.1) is 10.6 Å². The molecule has 206 valence electrons. The number of nitrogens with zero attached hydrogens (tertiary/aromatic N) is 6. The van der Waals surface area contributed by atoms with Gasteiger partial charge in [-0.05, 0) is 33.2 Å². The molecule has 0 saturated heterocycles. The van der Waals surface area contributed by atoms with Crippen LogP contribution in [0.3, 0.4) is 0 Å². The Labute approximate surface area is 221 Å². The lowest BCUT2D eigenvalue weighted by molar-refractivity contribution is -0.384. The zero-order valence-electron chi connectivity index (χ0n) is 21.7. The number of hydrogen-bond acceptors (Lipinski definition) is 9. The summed E-state index contributed by atoms with van der Waals surface area (Å²) in [6.45, 7) is 0.482. The molecule has 0 fully saturated rings. The van der Waals surface area contributed by atoms with Crippen molar-refractivity contribution in [2.45, 2.75) is 19.1 Å². The summed E-state index contributed by atoms with van der Waals surface area (Å²) in [5, 5.41) is 18.4. The number of aryl methyl sites for hydroxylation is 1. The molecule has 4 aromatic rings. The standard InChI is InChI=1S/C25H27F3N8O3/c1-15(34(2)3)12-30-22-21(36(37)38)11-19(23(33-22)39-14-25(26,27)28)32-24-29-10-9-18(31-24)17-13-35(4)20-8-6-5-7-16(17)20/h5-11,13,15H,12,14H2,1-4H3,(H,30,33)(H,29,31,32). The minimum atomic E-state index is -4.65. The van der Waals surface area contributed by atoms with E-state index < -0.39 is 29.3 Å². The van der Waals surface area contributed by atoms with E-state index >= 15 is 0 Å². The zero-order chi connectivity index (χ0) is 28.3. The summed E-state index contributed by atoms with van der Waals surface area (Å²) in [5.74, 6) is -0.714. The molecule has 0 saturated carbocycles. The number of halogens is 3. The van der Waals surface area contributed by atoms with Gasteiger partial charge >= 0.3 is 11.9 Å². The van der Waals surface area contributed by atoms with Crippen LogP contribution in [0.4, 0.5) is 36.3 Å². The van der Waals surface area contributed by atoms with Crippen molar-refractivity contribution < 1.29 is 22.8 Å². The normalized spacial score (nSPS) is 12.5. The molecule has 3 heterocycles. The summed E-state index contributed by atoms with van der Waals surface area (Å²) >= 11 is 0. The van der Waals surface area contributed by atoms with E-state index in [2.05, 4.69) is 25.6 Å². The van der Waals surface area contributed by atoms with Gasteiger partial charge in [-0.1, -0.05) is 18.2 Å². The molecule has 14 heteroatoms. The highest BCUT2D eigenvalue weighted by atomic mass is 19.4. The summed E-state index contributed by atoms with van der Waals surface area (Å²) in [6, 6.07) is 10.4. The molecular formula is C25H27F3N8O3. The summed E-state index contributed by atoms with van der Waals surface area (Å²) < 4.78 is 45.9. The molecule has 0 radical (unpaired) electrons. The molecule has 0 spiro atoms. The van der Waals surface area contributed by atoms with E-state index in [0.717, 1.165) is 22.5 Å². The Morgan fingerprint density at radius 1 is 1.21 bits per heavy atom. The van der Waals surface area contributed by atoms with Crippen molar-refractivity contribution in [1.82, 2.24) is 24.4 Å². The molecule has 2 N–H and O–H groups in total. The molecule has 0 aliphatic rings. The highest BCUT2D eigenvalue weighted by molar-refractivity contribution is 5.95. The van der Waals surface area contributed by atoms with Crippen molar-refractivity contribution in [3.63, 3.8) is 0 Å². The first-order valence-corrected chi connectivity index (χ1v) is 11.9. The Morgan fingerprint density at radius 3 is 2.64 bits per heavy atom. The van der Waals surface area contributed by atoms with Gasteiger partial charge in [-0.2, -0.15) is 18.2 Å². The van der Waals surface area contributed by atoms with Crippen LogP contribution in [-0.2, 0) is 7.05 Å². The van der Waals surface area contributed by atoms with Crippen molar-refractivity contribution in [2.75, 3.05) is 37.9 Å². The summed E-state index contributed by atoms with van der Waals surface area (Å²) in [6.07, 6.45) is -1.28.